The minimum Gasteiger partial charge on any atom is -0.443 e. The van der Waals surface area contributed by atoms with Gasteiger partial charge in [-0.15, -0.1) is 0 Å². The molecule has 0 spiro atoms. The van der Waals surface area contributed by atoms with Crippen molar-refractivity contribution >= 4 is 22.9 Å². The van der Waals surface area contributed by atoms with E-state index in [-0.39, 0.29) is 5.91 Å². The third kappa shape index (κ3) is 4.65. The van der Waals surface area contributed by atoms with Crippen LogP contribution in [0.4, 0.5) is 4.79 Å². The van der Waals surface area contributed by atoms with Gasteiger partial charge in [0.05, 0.1) is 5.41 Å². The third-order valence-electron chi connectivity index (χ3n) is 7.85. The van der Waals surface area contributed by atoms with Gasteiger partial charge >= 0.3 is 6.09 Å². The van der Waals surface area contributed by atoms with Gasteiger partial charge in [0, 0.05) is 42.6 Å². The maximum Gasteiger partial charge on any atom is 0.417 e. The van der Waals surface area contributed by atoms with E-state index in [4.69, 9.17) is 4.74 Å². The molecule has 1 atom stereocenters. The van der Waals surface area contributed by atoms with Gasteiger partial charge in [0.1, 0.15) is 5.60 Å². The highest BCUT2D eigenvalue weighted by Crippen LogP contribution is 2.41. The largest absolute Gasteiger partial charge is 0.443 e. The Kier molecular flexibility index (Phi) is 6.39. The van der Waals surface area contributed by atoms with Crippen LogP contribution in [0.15, 0.2) is 48.9 Å². The first-order valence-electron chi connectivity index (χ1n) is 13.2. The molecule has 36 heavy (non-hydrogen) atoms. The molecule has 2 fully saturated rings. The first kappa shape index (κ1) is 24.5. The summed E-state index contributed by atoms with van der Waals surface area (Å²) in [7, 11) is 0. The second-order valence-electron chi connectivity index (χ2n) is 11.6. The van der Waals surface area contributed by atoms with Crippen molar-refractivity contribution < 1.29 is 14.3 Å². The smallest absolute Gasteiger partial charge is 0.417 e. The molecule has 2 amide bonds. The number of ether oxygens (including phenoxy) is 1. The summed E-state index contributed by atoms with van der Waals surface area (Å²) in [6, 6.07) is 10.4. The van der Waals surface area contributed by atoms with Crippen LogP contribution in [-0.4, -0.2) is 38.6 Å². The Labute approximate surface area is 213 Å². The van der Waals surface area contributed by atoms with E-state index >= 15 is 0 Å². The zero-order valence-electron chi connectivity index (χ0n) is 21.9. The lowest BCUT2D eigenvalue weighted by Gasteiger charge is -2.29. The average Bonchev–Trinajstić information content (AvgIpc) is 3.53. The number of amides is 2. The Hall–Kier alpha value is -3.15. The summed E-state index contributed by atoms with van der Waals surface area (Å²) in [5.74, 6) is 0.531. The zero-order valence-corrected chi connectivity index (χ0v) is 21.9. The van der Waals surface area contributed by atoms with Crippen LogP contribution in [0.2, 0.25) is 0 Å². The molecule has 0 radical (unpaired) electrons. The van der Waals surface area contributed by atoms with E-state index in [0.717, 1.165) is 17.7 Å². The molecule has 3 aromatic rings. The molecule has 5 rings (SSSR count). The number of likely N-dealkylation sites (tertiary alicyclic amines) is 1. The van der Waals surface area contributed by atoms with Gasteiger partial charge < -0.3 is 9.30 Å². The Morgan fingerprint density at radius 3 is 2.56 bits per heavy atom. The van der Waals surface area contributed by atoms with Gasteiger partial charge in [-0.25, -0.2) is 9.69 Å². The molecule has 1 saturated carbocycles. The van der Waals surface area contributed by atoms with Gasteiger partial charge in [0.25, 0.3) is 0 Å². The SMILES string of the molecule is Cc1cn(CC2CCCC2)c2cc(C3(Cc4ccncc4)CCN(C(=O)OC(C)(C)C)C3=O)ccc12. The molecule has 2 aliphatic rings. The van der Waals surface area contributed by atoms with Crippen LogP contribution in [0, 0.1) is 12.8 Å². The number of pyridine rings is 1. The number of imide groups is 1. The van der Waals surface area contributed by atoms with E-state index in [0.29, 0.717) is 25.3 Å². The van der Waals surface area contributed by atoms with E-state index in [1.165, 1.54) is 47.0 Å². The van der Waals surface area contributed by atoms with Crippen LogP contribution in [0.25, 0.3) is 10.9 Å². The van der Waals surface area contributed by atoms with Crippen molar-refractivity contribution in [1.29, 1.82) is 0 Å². The first-order valence-corrected chi connectivity index (χ1v) is 13.2. The standard InChI is InChI=1S/C30H37N3O3/c1-21-19-32(20-23-7-5-6-8-23)26-17-24(9-10-25(21)26)30(18-22-11-14-31-15-12-22)13-16-33(27(30)34)28(35)36-29(2,3)4/h9-12,14-15,17,19,23H,5-8,13,16,18,20H2,1-4H3. The number of carbonyl (C=O) groups excluding carboxylic acids is 2. The van der Waals surface area contributed by atoms with Crippen LogP contribution >= 0.6 is 0 Å². The molecule has 190 valence electrons. The zero-order chi connectivity index (χ0) is 25.5. The lowest BCUT2D eigenvalue weighted by molar-refractivity contribution is -0.131. The summed E-state index contributed by atoms with van der Waals surface area (Å²) in [5, 5.41) is 1.23. The Bertz CT molecular complexity index is 1270. The van der Waals surface area contributed by atoms with Crippen LogP contribution < -0.4 is 0 Å². The van der Waals surface area contributed by atoms with Gasteiger partial charge in [-0.05, 0) is 94.2 Å². The predicted octanol–water partition coefficient (Wildman–Crippen LogP) is 6.18. The van der Waals surface area contributed by atoms with E-state index in [2.05, 4.69) is 40.9 Å². The fraction of sp³-hybridized carbons (Fsp3) is 0.500. The van der Waals surface area contributed by atoms with Crippen molar-refractivity contribution in [2.24, 2.45) is 5.92 Å². The molecule has 1 aliphatic carbocycles. The Morgan fingerprint density at radius 1 is 1.14 bits per heavy atom. The first-order chi connectivity index (χ1) is 17.2. The molecule has 3 heterocycles. The minimum absolute atomic E-state index is 0.182. The summed E-state index contributed by atoms with van der Waals surface area (Å²) in [5.41, 5.74) is 2.93. The van der Waals surface area contributed by atoms with E-state index in [1.54, 1.807) is 12.4 Å². The normalized spacial score (nSPS) is 21.0. The number of hydrogen-bond acceptors (Lipinski definition) is 4. The molecular weight excluding hydrogens is 450 g/mol. The molecule has 6 nitrogen and oxygen atoms in total. The molecule has 1 saturated heterocycles. The second kappa shape index (κ2) is 9.38. The van der Waals surface area contributed by atoms with Crippen LogP contribution in [0.3, 0.4) is 0 Å². The third-order valence-corrected chi connectivity index (χ3v) is 7.85. The Morgan fingerprint density at radius 2 is 1.86 bits per heavy atom. The second-order valence-corrected chi connectivity index (χ2v) is 11.6. The molecular formula is C30H37N3O3. The number of hydrogen-bond donors (Lipinski definition) is 0. The topological polar surface area (TPSA) is 64.4 Å². The quantitative estimate of drug-likeness (QED) is 0.431. The summed E-state index contributed by atoms with van der Waals surface area (Å²) in [6.45, 7) is 8.99. The van der Waals surface area contributed by atoms with E-state index < -0.39 is 17.1 Å². The molecule has 1 aromatic carbocycles. The minimum atomic E-state index is -0.831. The van der Waals surface area contributed by atoms with Crippen LogP contribution in [0.1, 0.15) is 69.6 Å². The number of nitrogens with zero attached hydrogens (tertiary/aromatic N) is 3. The van der Waals surface area contributed by atoms with Crippen molar-refractivity contribution in [3.8, 4) is 0 Å². The summed E-state index contributed by atoms with van der Waals surface area (Å²) in [6.07, 6.45) is 11.5. The highest BCUT2D eigenvalue weighted by Gasteiger charge is 2.51. The summed E-state index contributed by atoms with van der Waals surface area (Å²) < 4.78 is 7.97. The maximum absolute atomic E-state index is 14.1. The fourth-order valence-electron chi connectivity index (χ4n) is 6.04. The van der Waals surface area contributed by atoms with Gasteiger partial charge in [-0.2, -0.15) is 0 Å². The predicted molar refractivity (Wildman–Crippen MR) is 141 cm³/mol. The number of rotatable bonds is 5. The van der Waals surface area contributed by atoms with Gasteiger partial charge in [-0.1, -0.05) is 25.0 Å². The highest BCUT2D eigenvalue weighted by atomic mass is 16.6. The number of benzene rings is 1. The molecule has 0 N–H and O–H groups in total. The van der Waals surface area contributed by atoms with Gasteiger partial charge in [0.2, 0.25) is 5.91 Å². The summed E-state index contributed by atoms with van der Waals surface area (Å²) >= 11 is 0. The average molecular weight is 488 g/mol. The lowest BCUT2D eigenvalue weighted by Crippen LogP contribution is -2.44. The monoisotopic (exact) mass is 487 g/mol. The van der Waals surface area contributed by atoms with Crippen molar-refractivity contribution in [2.45, 2.75) is 83.8 Å². The molecule has 2 aromatic heterocycles. The van der Waals surface area contributed by atoms with Crippen molar-refractivity contribution in [3.05, 3.63) is 65.6 Å². The van der Waals surface area contributed by atoms with Crippen LogP contribution in [-0.2, 0) is 27.9 Å². The molecule has 1 aliphatic heterocycles. The number of fused-ring (bicyclic) bond motifs is 1. The molecule has 0 bridgehead atoms. The number of aromatic nitrogens is 2. The van der Waals surface area contributed by atoms with E-state index in [1.807, 2.05) is 32.9 Å². The Balaban J connectivity index is 1.56. The van der Waals surface area contributed by atoms with E-state index in [9.17, 15) is 9.59 Å². The fourth-order valence-corrected chi connectivity index (χ4v) is 6.04. The maximum atomic E-state index is 14.1. The van der Waals surface area contributed by atoms with Crippen molar-refractivity contribution in [2.75, 3.05) is 6.54 Å². The van der Waals surface area contributed by atoms with Gasteiger partial charge in [0.15, 0.2) is 0 Å². The highest BCUT2D eigenvalue weighted by molar-refractivity contribution is 6.01. The number of carbonyl (C=O) groups is 2. The summed E-state index contributed by atoms with van der Waals surface area (Å²) in [4.78, 5) is 32.5. The molecule has 6 heteroatoms. The lowest BCUT2D eigenvalue weighted by atomic mass is 9.74. The van der Waals surface area contributed by atoms with Crippen molar-refractivity contribution in [3.63, 3.8) is 0 Å². The van der Waals surface area contributed by atoms with Gasteiger partial charge in [-0.3, -0.25) is 9.78 Å². The molecule has 1 unspecified atom stereocenters. The van der Waals surface area contributed by atoms with Crippen LogP contribution in [0.5, 0.6) is 0 Å². The number of aryl methyl sites for hydroxylation is 1. The van der Waals surface area contributed by atoms with Crippen molar-refractivity contribution in [1.82, 2.24) is 14.5 Å².